The summed E-state index contributed by atoms with van der Waals surface area (Å²) in [5.41, 5.74) is 7.95. The SMILES string of the molecule is CCSN1C2CC3(C(=S)NC4CCC(CN)CC4)CC1CC(c1ccccc1)(C2)C3. The number of nitrogens with one attached hydrogen (secondary N) is 1. The molecule has 0 amide bonds. The van der Waals surface area contributed by atoms with Crippen molar-refractivity contribution in [3.8, 4) is 0 Å². The number of nitrogens with two attached hydrogens (primary N) is 1. The summed E-state index contributed by atoms with van der Waals surface area (Å²) in [6, 6.07) is 13.2. The van der Waals surface area contributed by atoms with Crippen LogP contribution in [0.1, 0.15) is 70.3 Å². The molecule has 6 rings (SSSR count). The van der Waals surface area contributed by atoms with Gasteiger partial charge >= 0.3 is 0 Å². The van der Waals surface area contributed by atoms with Crippen LogP contribution in [0.2, 0.25) is 0 Å². The zero-order chi connectivity index (χ0) is 20.8. The van der Waals surface area contributed by atoms with Crippen molar-refractivity contribution in [1.29, 1.82) is 0 Å². The van der Waals surface area contributed by atoms with Crippen LogP contribution in [0, 0.1) is 11.3 Å². The summed E-state index contributed by atoms with van der Waals surface area (Å²) in [7, 11) is 0. The maximum atomic E-state index is 6.23. The van der Waals surface area contributed by atoms with Gasteiger partial charge in [0.1, 0.15) is 0 Å². The average molecular weight is 444 g/mol. The van der Waals surface area contributed by atoms with Crippen molar-refractivity contribution < 1.29 is 0 Å². The number of nitrogens with zero attached hydrogens (tertiary/aromatic N) is 1. The lowest BCUT2D eigenvalue weighted by Crippen LogP contribution is -2.68. The van der Waals surface area contributed by atoms with Crippen molar-refractivity contribution >= 4 is 29.2 Å². The van der Waals surface area contributed by atoms with Gasteiger partial charge in [0.15, 0.2) is 0 Å². The number of hydrogen-bond donors (Lipinski definition) is 2. The molecule has 5 fully saturated rings. The quantitative estimate of drug-likeness (QED) is 0.476. The Balaban J connectivity index is 1.39. The molecule has 30 heavy (non-hydrogen) atoms. The van der Waals surface area contributed by atoms with Gasteiger partial charge in [0.2, 0.25) is 0 Å². The molecule has 3 N–H and O–H groups in total. The molecular weight excluding hydrogens is 406 g/mol. The molecule has 1 aromatic carbocycles. The van der Waals surface area contributed by atoms with Gasteiger partial charge < -0.3 is 11.1 Å². The average Bonchev–Trinajstić information content (AvgIpc) is 2.77. The fraction of sp³-hybridized carbons (Fsp3) is 0.720. The molecule has 164 valence electrons. The van der Waals surface area contributed by atoms with Gasteiger partial charge in [-0.25, -0.2) is 4.31 Å². The van der Waals surface area contributed by atoms with E-state index in [1.54, 1.807) is 5.56 Å². The Hall–Kier alpha value is -0.620. The third-order valence-corrected chi connectivity index (χ3v) is 10.3. The Bertz CT molecular complexity index is 743. The van der Waals surface area contributed by atoms with Crippen LogP contribution in [-0.4, -0.2) is 39.7 Å². The first-order chi connectivity index (χ1) is 14.6. The second kappa shape index (κ2) is 8.38. The minimum atomic E-state index is 0.187. The zero-order valence-corrected chi connectivity index (χ0v) is 19.9. The van der Waals surface area contributed by atoms with E-state index in [9.17, 15) is 0 Å². The van der Waals surface area contributed by atoms with E-state index in [2.05, 4.69) is 58.8 Å². The van der Waals surface area contributed by atoms with Crippen molar-refractivity contribution in [2.45, 2.75) is 88.3 Å². The standard InChI is InChI=1S/C25H37N3S2/c1-2-30-28-21-12-24(19-6-4-3-5-7-19)13-22(28)15-25(14-21,17-24)23(29)27-20-10-8-18(16-26)9-11-20/h3-7,18,20-22H,2,8-17,26H2,1H3,(H,27,29). The fourth-order valence-corrected chi connectivity index (χ4v) is 8.77. The maximum absolute atomic E-state index is 6.23. The van der Waals surface area contributed by atoms with E-state index in [1.807, 2.05) is 0 Å². The molecule has 2 atom stereocenters. The second-order valence-corrected chi connectivity index (χ2v) is 12.1. The van der Waals surface area contributed by atoms with Crippen LogP contribution in [0.15, 0.2) is 30.3 Å². The molecule has 2 heterocycles. The normalized spacial score (nSPS) is 40.5. The van der Waals surface area contributed by atoms with Crippen LogP contribution >= 0.6 is 24.2 Å². The summed E-state index contributed by atoms with van der Waals surface area (Å²) in [6.45, 7) is 3.14. The third-order valence-electron chi connectivity index (χ3n) is 8.56. The highest BCUT2D eigenvalue weighted by Gasteiger charge is 2.62. The zero-order valence-electron chi connectivity index (χ0n) is 18.3. The number of benzene rings is 1. The Morgan fingerprint density at radius 1 is 1.10 bits per heavy atom. The monoisotopic (exact) mass is 443 g/mol. The Kier molecular flexibility index (Phi) is 5.93. The van der Waals surface area contributed by atoms with Crippen LogP contribution in [-0.2, 0) is 5.41 Å². The molecule has 4 bridgehead atoms. The molecule has 1 aromatic rings. The fourth-order valence-electron chi connectivity index (χ4n) is 7.35. The van der Waals surface area contributed by atoms with Gasteiger partial charge in [-0.2, -0.15) is 0 Å². The van der Waals surface area contributed by atoms with Crippen molar-refractivity contribution in [3.63, 3.8) is 0 Å². The van der Waals surface area contributed by atoms with Crippen molar-refractivity contribution in [3.05, 3.63) is 35.9 Å². The van der Waals surface area contributed by atoms with Crippen LogP contribution in [0.3, 0.4) is 0 Å². The Morgan fingerprint density at radius 3 is 2.37 bits per heavy atom. The molecule has 0 radical (unpaired) electrons. The third kappa shape index (κ3) is 3.64. The molecule has 5 heteroatoms. The van der Waals surface area contributed by atoms with Crippen LogP contribution < -0.4 is 11.1 Å². The molecule has 0 aromatic heterocycles. The summed E-state index contributed by atoms with van der Waals surface area (Å²) in [6.07, 6.45) is 11.3. The van der Waals surface area contributed by atoms with Gasteiger partial charge in [0, 0.05) is 29.3 Å². The van der Waals surface area contributed by atoms with E-state index in [-0.39, 0.29) is 5.41 Å². The first-order valence-corrected chi connectivity index (χ1v) is 13.4. The van der Waals surface area contributed by atoms with E-state index in [0.29, 0.717) is 23.5 Å². The van der Waals surface area contributed by atoms with Crippen LogP contribution in [0.4, 0.5) is 0 Å². The number of rotatable bonds is 6. The van der Waals surface area contributed by atoms with E-state index >= 15 is 0 Å². The smallest absolute Gasteiger partial charge is 0.0819 e. The molecule has 3 saturated carbocycles. The predicted molar refractivity (Wildman–Crippen MR) is 132 cm³/mol. The lowest BCUT2D eigenvalue weighted by molar-refractivity contribution is -0.0492. The molecule has 2 aliphatic heterocycles. The maximum Gasteiger partial charge on any atom is 0.0819 e. The minimum absolute atomic E-state index is 0.187. The molecule has 5 aliphatic rings. The molecular formula is C25H37N3S2. The Morgan fingerprint density at radius 2 is 1.77 bits per heavy atom. The summed E-state index contributed by atoms with van der Waals surface area (Å²) in [5, 5.41) is 3.90. The molecule has 3 nitrogen and oxygen atoms in total. The van der Waals surface area contributed by atoms with Gasteiger partial charge in [-0.15, -0.1) is 0 Å². The van der Waals surface area contributed by atoms with Gasteiger partial charge in [-0.1, -0.05) is 61.4 Å². The lowest BCUT2D eigenvalue weighted by atomic mass is 9.48. The van der Waals surface area contributed by atoms with Gasteiger partial charge in [-0.05, 0) is 81.2 Å². The molecule has 0 spiro atoms. The van der Waals surface area contributed by atoms with Gasteiger partial charge in [0.25, 0.3) is 0 Å². The first-order valence-electron chi connectivity index (χ1n) is 12.1. The second-order valence-electron chi connectivity index (χ2n) is 10.4. The summed E-state index contributed by atoms with van der Waals surface area (Å²) in [5.74, 6) is 1.89. The number of thiocarbonyl (C=S) groups is 1. The highest BCUT2D eigenvalue weighted by Crippen LogP contribution is 2.63. The molecule has 2 unspecified atom stereocenters. The van der Waals surface area contributed by atoms with Gasteiger partial charge in [-0.3, -0.25) is 0 Å². The lowest BCUT2D eigenvalue weighted by Gasteiger charge is -2.66. The van der Waals surface area contributed by atoms with E-state index in [4.69, 9.17) is 18.0 Å². The highest BCUT2D eigenvalue weighted by molar-refractivity contribution is 7.97. The first kappa shape index (κ1) is 21.2. The summed E-state index contributed by atoms with van der Waals surface area (Å²) < 4.78 is 2.77. The van der Waals surface area contributed by atoms with Crippen molar-refractivity contribution in [2.24, 2.45) is 17.1 Å². The number of piperidine rings is 2. The summed E-state index contributed by atoms with van der Waals surface area (Å²) >= 11 is 8.29. The van der Waals surface area contributed by atoms with Crippen LogP contribution in [0.25, 0.3) is 0 Å². The minimum Gasteiger partial charge on any atom is -0.376 e. The largest absolute Gasteiger partial charge is 0.376 e. The Labute approximate surface area is 192 Å². The van der Waals surface area contributed by atoms with Crippen molar-refractivity contribution in [2.75, 3.05) is 12.3 Å². The number of hydrogen-bond acceptors (Lipinski definition) is 4. The van der Waals surface area contributed by atoms with E-state index in [1.165, 1.54) is 68.5 Å². The highest BCUT2D eigenvalue weighted by atomic mass is 32.2. The van der Waals surface area contributed by atoms with Gasteiger partial charge in [0.05, 0.1) is 4.99 Å². The van der Waals surface area contributed by atoms with Crippen molar-refractivity contribution in [1.82, 2.24) is 9.62 Å². The van der Waals surface area contributed by atoms with E-state index < -0.39 is 0 Å². The molecule has 2 saturated heterocycles. The van der Waals surface area contributed by atoms with E-state index in [0.717, 1.165) is 12.5 Å². The molecule has 3 aliphatic carbocycles. The summed E-state index contributed by atoms with van der Waals surface area (Å²) in [4.78, 5) is 1.19. The topological polar surface area (TPSA) is 41.3 Å². The predicted octanol–water partition coefficient (Wildman–Crippen LogP) is 5.04. The van der Waals surface area contributed by atoms with Crippen LogP contribution in [0.5, 0.6) is 0 Å².